The molecule has 0 radical (unpaired) electrons. The smallest absolute Gasteiger partial charge is 0.196 e. The number of nitrogens with two attached hydrogens (primary N) is 1. The summed E-state index contributed by atoms with van der Waals surface area (Å²) < 4.78 is 13.7. The maximum atomic E-state index is 13.4. The first-order valence-corrected chi connectivity index (χ1v) is 7.21. The highest BCUT2D eigenvalue weighted by Crippen LogP contribution is 2.30. The maximum absolute atomic E-state index is 13.4. The minimum absolute atomic E-state index is 0.0700. The fourth-order valence-corrected chi connectivity index (χ4v) is 2.91. The van der Waals surface area contributed by atoms with Gasteiger partial charge in [-0.3, -0.25) is 4.79 Å². The standard InChI is InChI=1S/C15H9BrClFN2O/c16-10-5-12(18)13(19)4-8(10)15(21)9-6-20-14-7(9)2-1-3-11(14)17/h1-6,20H,19H2. The molecule has 3 nitrogen and oxygen atoms in total. The molecule has 0 aliphatic carbocycles. The number of rotatable bonds is 2. The Morgan fingerprint density at radius 3 is 2.81 bits per heavy atom. The number of ketones is 1. The van der Waals surface area contributed by atoms with Crippen LogP contribution < -0.4 is 5.73 Å². The van der Waals surface area contributed by atoms with E-state index in [1.165, 1.54) is 12.1 Å². The van der Waals surface area contributed by atoms with E-state index in [1.807, 2.05) is 0 Å². The van der Waals surface area contributed by atoms with Gasteiger partial charge in [0.1, 0.15) is 5.82 Å². The molecule has 3 aromatic rings. The number of fused-ring (bicyclic) bond motifs is 1. The first-order chi connectivity index (χ1) is 9.99. The number of nitrogen functional groups attached to an aromatic ring is 1. The van der Waals surface area contributed by atoms with Gasteiger partial charge in [0.2, 0.25) is 0 Å². The zero-order chi connectivity index (χ0) is 15.1. The van der Waals surface area contributed by atoms with Crippen LogP contribution in [0.4, 0.5) is 10.1 Å². The van der Waals surface area contributed by atoms with Crippen molar-refractivity contribution in [3.63, 3.8) is 0 Å². The lowest BCUT2D eigenvalue weighted by atomic mass is 10.0. The fraction of sp³-hybridized carbons (Fsp3) is 0. The quantitative estimate of drug-likeness (QED) is 0.516. The van der Waals surface area contributed by atoms with Crippen molar-refractivity contribution >= 4 is 49.9 Å². The zero-order valence-electron chi connectivity index (χ0n) is 10.6. The molecule has 0 spiro atoms. The van der Waals surface area contributed by atoms with E-state index < -0.39 is 5.82 Å². The average Bonchev–Trinajstić information content (AvgIpc) is 2.87. The third-order valence-electron chi connectivity index (χ3n) is 3.24. The van der Waals surface area contributed by atoms with E-state index in [4.69, 9.17) is 17.3 Å². The molecule has 0 aliphatic rings. The molecule has 6 heteroatoms. The molecule has 1 heterocycles. The second kappa shape index (κ2) is 5.16. The molecule has 3 N–H and O–H groups in total. The first-order valence-electron chi connectivity index (χ1n) is 6.04. The number of nitrogens with one attached hydrogen (secondary N) is 1. The number of halogens is 3. The number of hydrogen-bond donors (Lipinski definition) is 2. The summed E-state index contributed by atoms with van der Waals surface area (Å²) in [6, 6.07) is 7.81. The van der Waals surface area contributed by atoms with Gasteiger partial charge in [-0.2, -0.15) is 0 Å². The van der Waals surface area contributed by atoms with Crippen molar-refractivity contribution < 1.29 is 9.18 Å². The molecule has 0 saturated carbocycles. The highest BCUT2D eigenvalue weighted by molar-refractivity contribution is 9.10. The molecule has 2 aromatic carbocycles. The minimum Gasteiger partial charge on any atom is -0.396 e. The van der Waals surface area contributed by atoms with Gasteiger partial charge < -0.3 is 10.7 Å². The van der Waals surface area contributed by atoms with Gasteiger partial charge in [-0.15, -0.1) is 0 Å². The molecule has 21 heavy (non-hydrogen) atoms. The largest absolute Gasteiger partial charge is 0.396 e. The van der Waals surface area contributed by atoms with Crippen molar-refractivity contribution in [3.05, 3.63) is 63.0 Å². The second-order valence-electron chi connectivity index (χ2n) is 4.55. The molecule has 0 aliphatic heterocycles. The van der Waals surface area contributed by atoms with Crippen LogP contribution in [0.15, 0.2) is 41.0 Å². The van der Waals surface area contributed by atoms with Crippen LogP contribution in [0.2, 0.25) is 5.02 Å². The first kappa shape index (κ1) is 14.1. The Hall–Kier alpha value is -1.85. The molecule has 3 rings (SSSR count). The highest BCUT2D eigenvalue weighted by atomic mass is 79.9. The van der Waals surface area contributed by atoms with Gasteiger partial charge in [-0.1, -0.05) is 23.7 Å². The number of benzene rings is 2. The summed E-state index contributed by atoms with van der Waals surface area (Å²) in [6.45, 7) is 0. The molecule has 0 bridgehead atoms. The molecular formula is C15H9BrClFN2O. The van der Waals surface area contributed by atoms with Crippen LogP contribution >= 0.6 is 27.5 Å². The zero-order valence-corrected chi connectivity index (χ0v) is 12.9. The Morgan fingerprint density at radius 2 is 2.05 bits per heavy atom. The summed E-state index contributed by atoms with van der Waals surface area (Å²) in [6.07, 6.45) is 1.59. The van der Waals surface area contributed by atoms with Crippen LogP contribution in [0.1, 0.15) is 15.9 Å². The van der Waals surface area contributed by atoms with Crippen LogP contribution in [0.3, 0.4) is 0 Å². The summed E-state index contributed by atoms with van der Waals surface area (Å²) in [5.74, 6) is -0.831. The van der Waals surface area contributed by atoms with E-state index in [1.54, 1.807) is 24.4 Å². The molecule has 0 fully saturated rings. The summed E-state index contributed by atoms with van der Waals surface area (Å²) >= 11 is 9.27. The third kappa shape index (κ3) is 2.32. The Balaban J connectivity index is 2.18. The Kier molecular flexibility index (Phi) is 3.47. The Labute approximate surface area is 133 Å². The number of anilines is 1. The normalized spacial score (nSPS) is 11.0. The van der Waals surface area contributed by atoms with Crippen molar-refractivity contribution in [2.24, 2.45) is 0 Å². The number of carbonyl (C=O) groups excluding carboxylic acids is 1. The minimum atomic E-state index is -0.569. The third-order valence-corrected chi connectivity index (χ3v) is 4.21. The van der Waals surface area contributed by atoms with Crippen molar-refractivity contribution in [2.45, 2.75) is 0 Å². The van der Waals surface area contributed by atoms with E-state index in [2.05, 4.69) is 20.9 Å². The summed E-state index contributed by atoms with van der Waals surface area (Å²) in [4.78, 5) is 15.6. The molecule has 1 aromatic heterocycles. The lowest BCUT2D eigenvalue weighted by Gasteiger charge is -2.05. The number of aromatic amines is 1. The summed E-state index contributed by atoms with van der Waals surface area (Å²) in [5, 5.41) is 1.24. The van der Waals surface area contributed by atoms with Gasteiger partial charge >= 0.3 is 0 Å². The van der Waals surface area contributed by atoms with Crippen LogP contribution in [0, 0.1) is 5.82 Å². The van der Waals surface area contributed by atoms with E-state index in [0.29, 0.717) is 31.5 Å². The number of para-hydroxylation sites is 1. The highest BCUT2D eigenvalue weighted by Gasteiger charge is 2.19. The van der Waals surface area contributed by atoms with E-state index in [-0.39, 0.29) is 11.5 Å². The number of aromatic nitrogens is 1. The number of hydrogen-bond acceptors (Lipinski definition) is 2. The van der Waals surface area contributed by atoms with Crippen LogP contribution in [-0.2, 0) is 0 Å². The van der Waals surface area contributed by atoms with E-state index in [9.17, 15) is 9.18 Å². The molecule has 0 unspecified atom stereocenters. The molecule has 106 valence electrons. The van der Waals surface area contributed by atoms with Crippen LogP contribution in [0.5, 0.6) is 0 Å². The monoisotopic (exact) mass is 366 g/mol. The maximum Gasteiger partial charge on any atom is 0.196 e. The molecule has 0 atom stereocenters. The van der Waals surface area contributed by atoms with Gasteiger partial charge in [0.15, 0.2) is 5.78 Å². The van der Waals surface area contributed by atoms with Crippen molar-refractivity contribution in [1.29, 1.82) is 0 Å². The second-order valence-corrected chi connectivity index (χ2v) is 5.81. The predicted molar refractivity (Wildman–Crippen MR) is 85.3 cm³/mol. The molecular weight excluding hydrogens is 359 g/mol. The summed E-state index contributed by atoms with van der Waals surface area (Å²) in [7, 11) is 0. The summed E-state index contributed by atoms with van der Waals surface area (Å²) in [5.41, 5.74) is 6.92. The lowest BCUT2D eigenvalue weighted by Crippen LogP contribution is -2.04. The van der Waals surface area contributed by atoms with E-state index >= 15 is 0 Å². The van der Waals surface area contributed by atoms with Gasteiger partial charge in [0.05, 0.1) is 16.2 Å². The Bertz CT molecular complexity index is 875. The topological polar surface area (TPSA) is 58.9 Å². The Morgan fingerprint density at radius 1 is 1.29 bits per heavy atom. The van der Waals surface area contributed by atoms with E-state index in [0.717, 1.165) is 0 Å². The molecule has 0 amide bonds. The fourth-order valence-electron chi connectivity index (χ4n) is 2.19. The van der Waals surface area contributed by atoms with Gasteiger partial charge in [0, 0.05) is 27.2 Å². The lowest BCUT2D eigenvalue weighted by molar-refractivity contribution is 0.103. The number of H-pyrrole nitrogens is 1. The van der Waals surface area contributed by atoms with Crippen molar-refractivity contribution in [2.75, 3.05) is 5.73 Å². The van der Waals surface area contributed by atoms with Gasteiger partial charge in [0.25, 0.3) is 0 Å². The number of carbonyl (C=O) groups is 1. The van der Waals surface area contributed by atoms with Crippen molar-refractivity contribution in [3.8, 4) is 0 Å². The predicted octanol–water partition coefficient (Wildman–Crippen LogP) is 4.54. The SMILES string of the molecule is Nc1cc(C(=O)c2c[nH]c3c(Cl)cccc23)c(Br)cc1F. The van der Waals surface area contributed by atoms with Gasteiger partial charge in [-0.05, 0) is 34.1 Å². The van der Waals surface area contributed by atoms with Crippen LogP contribution in [0.25, 0.3) is 10.9 Å². The average molecular weight is 368 g/mol. The van der Waals surface area contributed by atoms with Crippen LogP contribution in [-0.4, -0.2) is 10.8 Å². The molecule has 0 saturated heterocycles. The van der Waals surface area contributed by atoms with Gasteiger partial charge in [-0.25, -0.2) is 4.39 Å². The van der Waals surface area contributed by atoms with Crippen molar-refractivity contribution in [1.82, 2.24) is 4.98 Å².